The Balaban J connectivity index is 0.00000111. The molecule has 1 amide bonds. The minimum Gasteiger partial charge on any atom is -0.376 e. The molecular weight excluding hydrogens is 517 g/mol. The molecule has 1 N–H and O–H groups in total. The van der Waals surface area contributed by atoms with Crippen LogP contribution in [0.25, 0.3) is 23.5 Å². The van der Waals surface area contributed by atoms with Gasteiger partial charge >= 0.3 is 0 Å². The Morgan fingerprint density at radius 3 is 2.59 bits per heavy atom. The molecule has 0 aliphatic carbocycles. The van der Waals surface area contributed by atoms with E-state index in [9.17, 15) is 9.18 Å². The number of anilines is 1. The Morgan fingerprint density at radius 1 is 1.15 bits per heavy atom. The maximum absolute atomic E-state index is 14.6. The number of rotatable bonds is 6. The van der Waals surface area contributed by atoms with Gasteiger partial charge in [-0.25, -0.2) is 14.4 Å². The maximum Gasteiger partial charge on any atom is 0.251 e. The van der Waals surface area contributed by atoms with Gasteiger partial charge in [-0.3, -0.25) is 9.78 Å². The molecule has 0 spiro atoms. The average Bonchev–Trinajstić information content (AvgIpc) is 2.97. The van der Waals surface area contributed by atoms with Crippen LogP contribution in [0.3, 0.4) is 0 Å². The lowest BCUT2D eigenvalue weighted by molar-refractivity contribution is 0.0910. The molecule has 2 aromatic heterocycles. The minimum absolute atomic E-state index is 0.0349. The first-order valence-corrected chi connectivity index (χ1v) is 14.5. The molecule has 3 aromatic rings. The summed E-state index contributed by atoms with van der Waals surface area (Å²) >= 11 is 0. The van der Waals surface area contributed by atoms with E-state index in [1.807, 2.05) is 65.8 Å². The Morgan fingerprint density at radius 2 is 1.90 bits per heavy atom. The molecule has 1 atom stereocenters. The molecule has 218 valence electrons. The predicted octanol–water partition coefficient (Wildman–Crippen LogP) is 5.14. The molecule has 2 aliphatic rings. The molecule has 0 saturated carbocycles. The van der Waals surface area contributed by atoms with Crippen molar-refractivity contribution in [2.45, 2.75) is 60.5 Å². The second-order valence-electron chi connectivity index (χ2n) is 9.49. The summed E-state index contributed by atoms with van der Waals surface area (Å²) in [6.07, 6.45) is 8.47. The fourth-order valence-corrected chi connectivity index (χ4v) is 4.51. The summed E-state index contributed by atoms with van der Waals surface area (Å²) in [5.41, 5.74) is 3.73. The Bertz CT molecular complexity index is 1480. The standard InChI is InChI=1S/C29H30FN5O2.2C2H6/c1-4-20-6-7-25(27-14-31-15-28(34-27)35-8-5-9-35)33-26(20)10-18(2)13-32-29(36)21-11-22-19(3)16-37-17-23(22)24(30)12-21;2*1-2/h4,6-7,10-12,14-15,19H,2,5,8-9,13,16-17H2,1,3H3,(H,32,36);2*1-2H3/b20-4-,26-10+;;. The zero-order chi connectivity index (χ0) is 29.9. The number of hydrogen-bond donors (Lipinski definition) is 1. The van der Waals surface area contributed by atoms with Crippen LogP contribution < -0.4 is 20.8 Å². The molecule has 4 heterocycles. The van der Waals surface area contributed by atoms with Crippen molar-refractivity contribution in [2.24, 2.45) is 0 Å². The summed E-state index contributed by atoms with van der Waals surface area (Å²) in [6, 6.07) is 6.95. The van der Waals surface area contributed by atoms with Gasteiger partial charge in [-0.2, -0.15) is 0 Å². The van der Waals surface area contributed by atoms with Crippen LogP contribution in [0.15, 0.2) is 48.8 Å². The van der Waals surface area contributed by atoms with Gasteiger partial charge in [-0.1, -0.05) is 53.3 Å². The molecule has 0 bridgehead atoms. The summed E-state index contributed by atoms with van der Waals surface area (Å²) in [5.74, 6) is 0.129. The van der Waals surface area contributed by atoms with Gasteiger partial charge in [0.1, 0.15) is 17.3 Å². The van der Waals surface area contributed by atoms with E-state index in [-0.39, 0.29) is 25.0 Å². The molecule has 5 rings (SSSR count). The maximum atomic E-state index is 14.6. The third-order valence-corrected chi connectivity index (χ3v) is 6.79. The van der Waals surface area contributed by atoms with Gasteiger partial charge in [-0.15, -0.1) is 0 Å². The molecule has 2 aliphatic heterocycles. The van der Waals surface area contributed by atoms with Gasteiger partial charge in [0.15, 0.2) is 0 Å². The van der Waals surface area contributed by atoms with Gasteiger partial charge < -0.3 is 15.0 Å². The number of aromatic nitrogens is 3. The van der Waals surface area contributed by atoms with E-state index in [1.165, 1.54) is 12.5 Å². The molecule has 1 fully saturated rings. The SMILES string of the molecule is C=C(/C=c1/nc(-c2cncc(N3CCC3)n2)cc/c1=C/C)CNC(=O)c1cc(F)c2c(c1)C(C)COC2.CC.CC. The molecule has 1 saturated heterocycles. The normalized spacial score (nSPS) is 16.4. The van der Waals surface area contributed by atoms with Crippen LogP contribution in [-0.4, -0.2) is 47.1 Å². The number of fused-ring (bicyclic) bond motifs is 1. The van der Waals surface area contributed by atoms with Crippen LogP contribution >= 0.6 is 0 Å². The molecule has 1 aromatic carbocycles. The predicted molar refractivity (Wildman–Crippen MR) is 165 cm³/mol. The molecule has 7 nitrogen and oxygen atoms in total. The molecular formula is C33H42FN5O2. The van der Waals surface area contributed by atoms with Crippen LogP contribution in [-0.2, 0) is 11.3 Å². The van der Waals surface area contributed by atoms with E-state index in [0.29, 0.717) is 34.7 Å². The highest BCUT2D eigenvalue weighted by Gasteiger charge is 2.22. The zero-order valence-corrected chi connectivity index (χ0v) is 25.1. The second-order valence-corrected chi connectivity index (χ2v) is 9.49. The summed E-state index contributed by atoms with van der Waals surface area (Å²) in [5, 5.41) is 4.52. The van der Waals surface area contributed by atoms with Gasteiger partial charge in [-0.05, 0) is 54.0 Å². The van der Waals surface area contributed by atoms with Crippen molar-refractivity contribution < 1.29 is 13.9 Å². The highest BCUT2D eigenvalue weighted by Crippen LogP contribution is 2.29. The van der Waals surface area contributed by atoms with Crippen molar-refractivity contribution >= 4 is 23.9 Å². The molecule has 8 heteroatoms. The number of amides is 1. The van der Waals surface area contributed by atoms with E-state index >= 15 is 0 Å². The smallest absolute Gasteiger partial charge is 0.251 e. The van der Waals surface area contributed by atoms with Gasteiger partial charge in [0, 0.05) is 36.7 Å². The van der Waals surface area contributed by atoms with E-state index < -0.39 is 5.82 Å². The fraction of sp³-hybridized carbons (Fsp3) is 0.394. The van der Waals surface area contributed by atoms with E-state index in [1.54, 1.807) is 18.5 Å². The fourth-order valence-electron chi connectivity index (χ4n) is 4.51. The number of pyridine rings is 1. The lowest BCUT2D eigenvalue weighted by atomic mass is 9.92. The van der Waals surface area contributed by atoms with E-state index in [2.05, 4.69) is 21.8 Å². The van der Waals surface area contributed by atoms with E-state index in [0.717, 1.165) is 35.0 Å². The van der Waals surface area contributed by atoms with Crippen molar-refractivity contribution in [2.75, 3.05) is 31.1 Å². The number of hydrogen-bond acceptors (Lipinski definition) is 6. The zero-order valence-electron chi connectivity index (χ0n) is 25.1. The summed E-state index contributed by atoms with van der Waals surface area (Å²) < 4.78 is 20.0. The van der Waals surface area contributed by atoms with Crippen LogP contribution in [0, 0.1) is 5.82 Å². The lowest BCUT2D eigenvalue weighted by Crippen LogP contribution is -2.37. The largest absolute Gasteiger partial charge is 0.376 e. The van der Waals surface area contributed by atoms with Crippen LogP contribution in [0.2, 0.25) is 0 Å². The Kier molecular flexibility index (Phi) is 11.7. The summed E-state index contributed by atoms with van der Waals surface area (Å²) in [4.78, 5) is 28.9. The first-order chi connectivity index (χ1) is 19.9. The molecule has 1 unspecified atom stereocenters. The Labute approximate surface area is 242 Å². The minimum atomic E-state index is -0.412. The van der Waals surface area contributed by atoms with Crippen molar-refractivity contribution in [1.29, 1.82) is 0 Å². The topological polar surface area (TPSA) is 80.2 Å². The number of nitrogens with one attached hydrogen (secondary N) is 1. The summed E-state index contributed by atoms with van der Waals surface area (Å²) in [6.45, 7) is 18.9. The first kappa shape index (κ1) is 31.6. The van der Waals surface area contributed by atoms with E-state index in [4.69, 9.17) is 14.7 Å². The third-order valence-electron chi connectivity index (χ3n) is 6.79. The molecule has 41 heavy (non-hydrogen) atoms. The highest BCUT2D eigenvalue weighted by atomic mass is 19.1. The van der Waals surface area contributed by atoms with Crippen LogP contribution in [0.5, 0.6) is 0 Å². The van der Waals surface area contributed by atoms with Crippen LogP contribution in [0.1, 0.15) is 75.4 Å². The number of ether oxygens (including phenoxy) is 1. The Hall–Kier alpha value is -3.91. The van der Waals surface area contributed by atoms with Crippen molar-refractivity contribution in [3.63, 3.8) is 0 Å². The molecule has 0 radical (unpaired) electrons. The lowest BCUT2D eigenvalue weighted by Gasteiger charge is -2.31. The number of halogens is 1. The number of carbonyl (C=O) groups excluding carboxylic acids is 1. The number of nitrogens with zero attached hydrogens (tertiary/aromatic N) is 4. The van der Waals surface area contributed by atoms with Crippen molar-refractivity contribution in [3.8, 4) is 11.4 Å². The second kappa shape index (κ2) is 15.2. The average molecular weight is 560 g/mol. The first-order valence-electron chi connectivity index (χ1n) is 14.5. The highest BCUT2D eigenvalue weighted by molar-refractivity contribution is 5.94. The van der Waals surface area contributed by atoms with Gasteiger partial charge in [0.25, 0.3) is 5.91 Å². The number of carbonyl (C=O) groups is 1. The van der Waals surface area contributed by atoms with Crippen molar-refractivity contribution in [1.82, 2.24) is 20.3 Å². The van der Waals surface area contributed by atoms with Gasteiger partial charge in [0.2, 0.25) is 0 Å². The van der Waals surface area contributed by atoms with Crippen molar-refractivity contribution in [3.05, 3.63) is 81.9 Å². The number of benzene rings is 1. The third kappa shape index (κ3) is 7.64. The monoisotopic (exact) mass is 559 g/mol. The summed E-state index contributed by atoms with van der Waals surface area (Å²) in [7, 11) is 0. The quantitative estimate of drug-likeness (QED) is 0.451. The van der Waals surface area contributed by atoms with Crippen LogP contribution in [0.4, 0.5) is 10.2 Å². The van der Waals surface area contributed by atoms with Gasteiger partial charge in [0.05, 0.1) is 36.7 Å².